The summed E-state index contributed by atoms with van der Waals surface area (Å²) < 4.78 is 39.4. The number of carbonyl (C=O) groups is 1. The molecule has 0 unspecified atom stereocenters. The number of hydrogen-bond acceptors (Lipinski definition) is 4. The second-order valence-corrected chi connectivity index (χ2v) is 7.27. The maximum absolute atomic E-state index is 14.6. The molecule has 0 atom stereocenters. The summed E-state index contributed by atoms with van der Waals surface area (Å²) in [6.07, 6.45) is 0. The molecular weight excluding hydrogens is 400 g/mol. The molecule has 0 saturated carbocycles. The lowest BCUT2D eigenvalue weighted by Gasteiger charge is -2.18. The van der Waals surface area contributed by atoms with E-state index in [0.29, 0.717) is 27.7 Å². The van der Waals surface area contributed by atoms with E-state index in [4.69, 9.17) is 9.15 Å². The second kappa shape index (κ2) is 8.22. The predicted molar refractivity (Wildman–Crippen MR) is 117 cm³/mol. The van der Waals surface area contributed by atoms with E-state index < -0.39 is 11.8 Å². The molecule has 0 aliphatic rings. The molecule has 0 radical (unpaired) electrons. The van der Waals surface area contributed by atoms with Crippen LogP contribution < -0.4 is 4.90 Å². The van der Waals surface area contributed by atoms with Gasteiger partial charge in [0.25, 0.3) is 0 Å². The van der Waals surface area contributed by atoms with Gasteiger partial charge in [-0.25, -0.2) is 13.6 Å². The van der Waals surface area contributed by atoms with E-state index in [9.17, 15) is 13.6 Å². The minimum absolute atomic E-state index is 0.185. The molecule has 4 rings (SSSR count). The number of hydrogen-bond donors (Lipinski definition) is 0. The largest absolute Gasteiger partial charge is 0.462 e. The summed E-state index contributed by atoms with van der Waals surface area (Å²) in [4.78, 5) is 14.7. The van der Waals surface area contributed by atoms with E-state index in [1.807, 2.05) is 19.0 Å². The molecule has 0 N–H and O–H groups in total. The van der Waals surface area contributed by atoms with Gasteiger partial charge in [0.2, 0.25) is 0 Å². The third kappa shape index (κ3) is 3.77. The Morgan fingerprint density at radius 2 is 1.71 bits per heavy atom. The van der Waals surface area contributed by atoms with Crippen molar-refractivity contribution in [2.24, 2.45) is 0 Å². The van der Waals surface area contributed by atoms with E-state index in [0.717, 1.165) is 5.69 Å². The fourth-order valence-electron chi connectivity index (χ4n) is 3.61. The zero-order valence-electron chi connectivity index (χ0n) is 17.4. The summed E-state index contributed by atoms with van der Waals surface area (Å²) >= 11 is 0. The summed E-state index contributed by atoms with van der Waals surface area (Å²) in [5, 5.41) is 0.502. The Kier molecular flexibility index (Phi) is 5.46. The second-order valence-electron chi connectivity index (χ2n) is 7.27. The quantitative estimate of drug-likeness (QED) is 0.355. The number of anilines is 1. The van der Waals surface area contributed by atoms with Crippen molar-refractivity contribution in [2.45, 2.75) is 6.92 Å². The average Bonchev–Trinajstić information content (AvgIpc) is 3.12. The number of rotatable bonds is 5. The Morgan fingerprint density at radius 3 is 2.35 bits per heavy atom. The highest BCUT2D eigenvalue weighted by molar-refractivity contribution is 6.11. The Hall–Kier alpha value is -3.67. The topological polar surface area (TPSA) is 42.7 Å². The van der Waals surface area contributed by atoms with Crippen LogP contribution in [-0.4, -0.2) is 26.7 Å². The molecule has 4 aromatic rings. The smallest absolute Gasteiger partial charge is 0.342 e. The van der Waals surface area contributed by atoms with E-state index in [1.165, 1.54) is 18.2 Å². The van der Waals surface area contributed by atoms with Gasteiger partial charge in [0.1, 0.15) is 28.5 Å². The monoisotopic (exact) mass is 421 g/mol. The lowest BCUT2D eigenvalue weighted by Crippen LogP contribution is -2.10. The van der Waals surface area contributed by atoms with Gasteiger partial charge in [0, 0.05) is 47.9 Å². The molecule has 0 spiro atoms. The molecule has 6 heteroatoms. The number of halogens is 2. The van der Waals surface area contributed by atoms with Crippen LogP contribution in [-0.2, 0) is 4.74 Å². The Bertz CT molecular complexity index is 1260. The van der Waals surface area contributed by atoms with Crippen molar-refractivity contribution in [2.75, 3.05) is 25.6 Å². The van der Waals surface area contributed by atoms with Gasteiger partial charge in [0.05, 0.1) is 6.61 Å². The first-order chi connectivity index (χ1) is 14.9. The minimum Gasteiger partial charge on any atom is -0.462 e. The number of ether oxygens (including phenoxy) is 1. The number of nitrogens with zero attached hydrogens (tertiary/aromatic N) is 1. The Morgan fingerprint density at radius 1 is 1.00 bits per heavy atom. The van der Waals surface area contributed by atoms with Gasteiger partial charge in [-0.1, -0.05) is 18.2 Å². The van der Waals surface area contributed by atoms with E-state index in [1.54, 1.807) is 49.4 Å². The summed E-state index contributed by atoms with van der Waals surface area (Å²) in [5.74, 6) is -1.04. The zero-order valence-corrected chi connectivity index (χ0v) is 17.4. The zero-order chi connectivity index (χ0) is 22.1. The third-order valence-corrected chi connectivity index (χ3v) is 5.04. The van der Waals surface area contributed by atoms with Crippen molar-refractivity contribution in [1.82, 2.24) is 0 Å². The molecule has 1 aromatic heterocycles. The van der Waals surface area contributed by atoms with Gasteiger partial charge in [0.15, 0.2) is 0 Å². The first kappa shape index (κ1) is 20.6. The molecule has 1 heterocycles. The number of esters is 1. The fourth-order valence-corrected chi connectivity index (χ4v) is 3.61. The van der Waals surface area contributed by atoms with Crippen LogP contribution in [0.3, 0.4) is 0 Å². The van der Waals surface area contributed by atoms with Crippen LogP contribution >= 0.6 is 0 Å². The number of furan rings is 1. The van der Waals surface area contributed by atoms with Crippen LogP contribution in [0.5, 0.6) is 0 Å². The molecule has 0 fully saturated rings. The molecule has 0 aliphatic heterocycles. The van der Waals surface area contributed by atoms with Crippen molar-refractivity contribution in [3.8, 4) is 22.5 Å². The average molecular weight is 421 g/mol. The molecule has 0 amide bonds. The van der Waals surface area contributed by atoms with Crippen LogP contribution in [0.2, 0.25) is 0 Å². The van der Waals surface area contributed by atoms with Crippen molar-refractivity contribution >= 4 is 22.6 Å². The molecule has 4 nitrogen and oxygen atoms in total. The highest BCUT2D eigenvalue weighted by atomic mass is 19.1. The number of carbonyl (C=O) groups excluding carboxylic acids is 1. The normalized spacial score (nSPS) is 11.0. The molecule has 3 aromatic carbocycles. The van der Waals surface area contributed by atoms with Crippen LogP contribution in [0.15, 0.2) is 65.1 Å². The number of benzene rings is 3. The standard InChI is InChI=1S/C25H21F2NO3/c1-4-30-25(29)23-19-13-18(17-7-5-6-8-20(17)27)21(28(2)3)14-22(19)31-24(23)15-9-11-16(26)12-10-15/h5-14H,4H2,1-3H3. The molecule has 0 saturated heterocycles. The van der Waals surface area contributed by atoms with Crippen molar-refractivity contribution in [1.29, 1.82) is 0 Å². The highest BCUT2D eigenvalue weighted by Crippen LogP contribution is 2.41. The third-order valence-electron chi connectivity index (χ3n) is 5.04. The van der Waals surface area contributed by atoms with Crippen LogP contribution in [0.25, 0.3) is 33.4 Å². The van der Waals surface area contributed by atoms with Gasteiger partial charge in [-0.3, -0.25) is 0 Å². The van der Waals surface area contributed by atoms with Crippen molar-refractivity contribution in [3.05, 3.63) is 77.9 Å². The molecule has 0 bridgehead atoms. The summed E-state index contributed by atoms with van der Waals surface area (Å²) in [6.45, 7) is 1.90. The molecule has 0 aliphatic carbocycles. The van der Waals surface area contributed by atoms with E-state index >= 15 is 0 Å². The van der Waals surface area contributed by atoms with Gasteiger partial charge in [-0.15, -0.1) is 0 Å². The summed E-state index contributed by atoms with van der Waals surface area (Å²) in [5.41, 5.74) is 2.98. The lowest BCUT2D eigenvalue weighted by atomic mass is 9.98. The first-order valence-electron chi connectivity index (χ1n) is 9.86. The lowest BCUT2D eigenvalue weighted by molar-refractivity contribution is 0.0528. The van der Waals surface area contributed by atoms with Crippen molar-refractivity contribution < 1.29 is 22.7 Å². The Labute approximate surface area is 178 Å². The van der Waals surface area contributed by atoms with Gasteiger partial charge >= 0.3 is 5.97 Å². The highest BCUT2D eigenvalue weighted by Gasteiger charge is 2.25. The van der Waals surface area contributed by atoms with Crippen LogP contribution in [0.4, 0.5) is 14.5 Å². The maximum atomic E-state index is 14.6. The molecule has 158 valence electrons. The fraction of sp³-hybridized carbons (Fsp3) is 0.160. The summed E-state index contributed by atoms with van der Waals surface area (Å²) in [7, 11) is 3.70. The van der Waals surface area contributed by atoms with Gasteiger partial charge in [-0.2, -0.15) is 0 Å². The minimum atomic E-state index is -0.558. The molecular formula is C25H21F2NO3. The number of fused-ring (bicyclic) bond motifs is 1. The van der Waals surface area contributed by atoms with E-state index in [-0.39, 0.29) is 23.7 Å². The Balaban J connectivity index is 2.05. The van der Waals surface area contributed by atoms with Crippen molar-refractivity contribution in [3.63, 3.8) is 0 Å². The summed E-state index contributed by atoms with van der Waals surface area (Å²) in [6, 6.07) is 15.7. The maximum Gasteiger partial charge on any atom is 0.342 e. The van der Waals surface area contributed by atoms with E-state index in [2.05, 4.69) is 0 Å². The van der Waals surface area contributed by atoms with Crippen LogP contribution in [0.1, 0.15) is 17.3 Å². The predicted octanol–water partition coefficient (Wildman–Crippen LogP) is 6.29. The van der Waals surface area contributed by atoms with Crippen LogP contribution in [0, 0.1) is 11.6 Å². The van der Waals surface area contributed by atoms with Gasteiger partial charge < -0.3 is 14.1 Å². The van der Waals surface area contributed by atoms with Gasteiger partial charge in [-0.05, 0) is 43.3 Å². The SMILES string of the molecule is CCOC(=O)c1c(-c2ccc(F)cc2)oc2cc(N(C)C)c(-c3ccccc3F)cc12. The molecule has 31 heavy (non-hydrogen) atoms. The first-order valence-corrected chi connectivity index (χ1v) is 9.86.